The standard InChI is InChI=1S/C8H16N2O2/c1-7(6-11)9-8(12)10-4-2-3-5-10/h7,11H,2-6H2,1H3,(H,9,12)/t7-/m1/s1. The van der Waals surface area contributed by atoms with Gasteiger partial charge in [0, 0.05) is 13.1 Å². The summed E-state index contributed by atoms with van der Waals surface area (Å²) in [5.41, 5.74) is 0. The van der Waals surface area contributed by atoms with Gasteiger partial charge in [0.25, 0.3) is 0 Å². The first-order valence-corrected chi connectivity index (χ1v) is 4.40. The molecule has 2 amide bonds. The summed E-state index contributed by atoms with van der Waals surface area (Å²) in [6, 6.07) is -0.188. The molecule has 1 heterocycles. The van der Waals surface area contributed by atoms with Gasteiger partial charge >= 0.3 is 6.03 Å². The number of hydrogen-bond acceptors (Lipinski definition) is 2. The quantitative estimate of drug-likeness (QED) is 0.624. The SMILES string of the molecule is C[C@H](CO)NC(=O)N1CCCC1. The van der Waals surface area contributed by atoms with E-state index in [4.69, 9.17) is 5.11 Å². The van der Waals surface area contributed by atoms with Crippen LogP contribution in [0, 0.1) is 0 Å². The van der Waals surface area contributed by atoms with Gasteiger partial charge in [-0.25, -0.2) is 4.79 Å². The molecule has 1 fully saturated rings. The minimum Gasteiger partial charge on any atom is -0.394 e. The molecule has 0 aliphatic carbocycles. The molecule has 12 heavy (non-hydrogen) atoms. The van der Waals surface area contributed by atoms with Crippen molar-refractivity contribution >= 4 is 6.03 Å². The lowest BCUT2D eigenvalue weighted by molar-refractivity contribution is 0.193. The van der Waals surface area contributed by atoms with Gasteiger partial charge in [-0.3, -0.25) is 0 Å². The van der Waals surface area contributed by atoms with E-state index in [0.29, 0.717) is 0 Å². The Labute approximate surface area is 72.6 Å². The summed E-state index contributed by atoms with van der Waals surface area (Å²) in [5, 5.41) is 11.4. The second-order valence-corrected chi connectivity index (χ2v) is 3.23. The Balaban J connectivity index is 2.27. The molecule has 70 valence electrons. The molecule has 1 saturated heterocycles. The summed E-state index contributed by atoms with van der Waals surface area (Å²) in [5.74, 6) is 0. The number of aliphatic hydroxyl groups is 1. The highest BCUT2D eigenvalue weighted by Gasteiger charge is 2.18. The van der Waals surface area contributed by atoms with Crippen molar-refractivity contribution < 1.29 is 9.90 Å². The highest BCUT2D eigenvalue weighted by atomic mass is 16.3. The average molecular weight is 172 g/mol. The van der Waals surface area contributed by atoms with Crippen LogP contribution in [0.15, 0.2) is 0 Å². The molecule has 0 aromatic heterocycles. The van der Waals surface area contributed by atoms with Crippen molar-refractivity contribution in [1.82, 2.24) is 10.2 Å². The van der Waals surface area contributed by atoms with E-state index in [9.17, 15) is 4.79 Å². The Morgan fingerprint density at radius 3 is 2.67 bits per heavy atom. The lowest BCUT2D eigenvalue weighted by atomic mass is 10.4. The van der Waals surface area contributed by atoms with Crippen molar-refractivity contribution in [1.29, 1.82) is 0 Å². The largest absolute Gasteiger partial charge is 0.394 e. The molecule has 1 aliphatic rings. The van der Waals surface area contributed by atoms with Crippen molar-refractivity contribution in [2.24, 2.45) is 0 Å². The number of rotatable bonds is 2. The van der Waals surface area contributed by atoms with Gasteiger partial charge in [-0.1, -0.05) is 0 Å². The summed E-state index contributed by atoms with van der Waals surface area (Å²) >= 11 is 0. The van der Waals surface area contributed by atoms with E-state index in [0.717, 1.165) is 25.9 Å². The Morgan fingerprint density at radius 2 is 2.17 bits per heavy atom. The topological polar surface area (TPSA) is 52.6 Å². The van der Waals surface area contributed by atoms with Gasteiger partial charge in [0.1, 0.15) is 0 Å². The lowest BCUT2D eigenvalue weighted by Gasteiger charge is -2.18. The highest BCUT2D eigenvalue weighted by molar-refractivity contribution is 5.74. The van der Waals surface area contributed by atoms with Crippen LogP contribution in [-0.2, 0) is 0 Å². The lowest BCUT2D eigenvalue weighted by Crippen LogP contribution is -2.43. The molecule has 1 rings (SSSR count). The van der Waals surface area contributed by atoms with Crippen molar-refractivity contribution in [3.8, 4) is 0 Å². The van der Waals surface area contributed by atoms with E-state index in [1.165, 1.54) is 0 Å². The van der Waals surface area contributed by atoms with E-state index in [-0.39, 0.29) is 18.7 Å². The fourth-order valence-electron chi connectivity index (χ4n) is 1.27. The van der Waals surface area contributed by atoms with Gasteiger partial charge < -0.3 is 15.3 Å². The number of hydrogen-bond donors (Lipinski definition) is 2. The van der Waals surface area contributed by atoms with Crippen molar-refractivity contribution in [2.45, 2.75) is 25.8 Å². The first kappa shape index (κ1) is 9.32. The molecule has 0 radical (unpaired) electrons. The maximum Gasteiger partial charge on any atom is 0.317 e. The number of nitrogens with one attached hydrogen (secondary N) is 1. The van der Waals surface area contributed by atoms with E-state index >= 15 is 0 Å². The average Bonchev–Trinajstić information content (AvgIpc) is 2.56. The molecule has 2 N–H and O–H groups in total. The van der Waals surface area contributed by atoms with Crippen LogP contribution >= 0.6 is 0 Å². The van der Waals surface area contributed by atoms with E-state index in [1.807, 2.05) is 0 Å². The Kier molecular flexibility index (Phi) is 3.34. The Bertz CT molecular complexity index is 155. The third-order valence-corrected chi connectivity index (χ3v) is 2.04. The van der Waals surface area contributed by atoms with Gasteiger partial charge in [-0.2, -0.15) is 0 Å². The third kappa shape index (κ3) is 2.37. The highest BCUT2D eigenvalue weighted by Crippen LogP contribution is 2.06. The van der Waals surface area contributed by atoms with E-state index < -0.39 is 0 Å². The van der Waals surface area contributed by atoms with E-state index in [2.05, 4.69) is 5.32 Å². The van der Waals surface area contributed by atoms with Gasteiger partial charge in [-0.05, 0) is 19.8 Å². The van der Waals surface area contributed by atoms with Crippen LogP contribution in [0.3, 0.4) is 0 Å². The van der Waals surface area contributed by atoms with Crippen LogP contribution in [0.4, 0.5) is 4.79 Å². The third-order valence-electron chi connectivity index (χ3n) is 2.04. The molecule has 1 atom stereocenters. The Hall–Kier alpha value is -0.770. The zero-order valence-electron chi connectivity index (χ0n) is 7.42. The monoisotopic (exact) mass is 172 g/mol. The summed E-state index contributed by atoms with van der Waals surface area (Å²) in [6.45, 7) is 3.49. The fourth-order valence-corrected chi connectivity index (χ4v) is 1.27. The first-order chi connectivity index (χ1) is 5.74. The van der Waals surface area contributed by atoms with Crippen LogP contribution in [-0.4, -0.2) is 41.8 Å². The predicted octanol–water partition coefficient (Wildman–Crippen LogP) is 0.173. The van der Waals surface area contributed by atoms with Gasteiger partial charge in [0.05, 0.1) is 12.6 Å². The summed E-state index contributed by atoms with van der Waals surface area (Å²) < 4.78 is 0. The maximum absolute atomic E-state index is 11.3. The summed E-state index contributed by atoms with van der Waals surface area (Å²) in [7, 11) is 0. The number of aliphatic hydroxyl groups excluding tert-OH is 1. The molecule has 4 nitrogen and oxygen atoms in total. The molecule has 0 spiro atoms. The maximum atomic E-state index is 11.3. The molecule has 0 aromatic carbocycles. The second kappa shape index (κ2) is 4.30. The van der Waals surface area contributed by atoms with Gasteiger partial charge in [0.15, 0.2) is 0 Å². The first-order valence-electron chi connectivity index (χ1n) is 4.40. The van der Waals surface area contributed by atoms with Crippen molar-refractivity contribution in [3.63, 3.8) is 0 Å². The Morgan fingerprint density at radius 1 is 1.58 bits per heavy atom. The van der Waals surface area contributed by atoms with Gasteiger partial charge in [-0.15, -0.1) is 0 Å². The molecule has 0 aromatic rings. The zero-order valence-corrected chi connectivity index (χ0v) is 7.42. The van der Waals surface area contributed by atoms with Gasteiger partial charge in [0.2, 0.25) is 0 Å². The normalized spacial score (nSPS) is 19.3. The molecular formula is C8H16N2O2. The molecule has 4 heteroatoms. The number of amides is 2. The molecule has 0 saturated carbocycles. The van der Waals surface area contributed by atoms with Crippen LogP contribution in [0.25, 0.3) is 0 Å². The van der Waals surface area contributed by atoms with Crippen LogP contribution in [0.5, 0.6) is 0 Å². The van der Waals surface area contributed by atoms with Crippen molar-refractivity contribution in [3.05, 3.63) is 0 Å². The fraction of sp³-hybridized carbons (Fsp3) is 0.875. The van der Waals surface area contributed by atoms with Crippen LogP contribution in [0.1, 0.15) is 19.8 Å². The molecule has 1 aliphatic heterocycles. The smallest absolute Gasteiger partial charge is 0.317 e. The molecule has 0 bridgehead atoms. The second-order valence-electron chi connectivity index (χ2n) is 3.23. The zero-order chi connectivity index (χ0) is 8.97. The number of nitrogens with zero attached hydrogens (tertiary/aromatic N) is 1. The minimum atomic E-state index is -0.141. The summed E-state index contributed by atoms with van der Waals surface area (Å²) in [6.07, 6.45) is 2.20. The minimum absolute atomic E-state index is 0.000417. The molecular weight excluding hydrogens is 156 g/mol. The predicted molar refractivity (Wildman–Crippen MR) is 45.9 cm³/mol. The number of carbonyl (C=O) groups excluding carboxylic acids is 1. The molecule has 0 unspecified atom stereocenters. The summed E-state index contributed by atoms with van der Waals surface area (Å²) in [4.78, 5) is 13.1. The van der Waals surface area contributed by atoms with Crippen molar-refractivity contribution in [2.75, 3.05) is 19.7 Å². The van der Waals surface area contributed by atoms with Crippen LogP contribution < -0.4 is 5.32 Å². The number of urea groups is 1. The van der Waals surface area contributed by atoms with Crippen LogP contribution in [0.2, 0.25) is 0 Å². The number of carbonyl (C=O) groups is 1. The number of likely N-dealkylation sites (tertiary alicyclic amines) is 1. The van der Waals surface area contributed by atoms with E-state index in [1.54, 1.807) is 11.8 Å².